The van der Waals surface area contributed by atoms with Crippen molar-refractivity contribution in [3.63, 3.8) is 0 Å². The van der Waals surface area contributed by atoms with Crippen molar-refractivity contribution in [1.29, 1.82) is 0 Å². The average Bonchev–Trinajstić information content (AvgIpc) is 4.07. The number of rotatable bonds is 20. The first-order valence-electron chi connectivity index (χ1n) is 21.3. The number of pyridine rings is 1. The van der Waals surface area contributed by atoms with Crippen LogP contribution < -0.4 is 36.2 Å². The van der Waals surface area contributed by atoms with Gasteiger partial charge in [-0.15, -0.1) is 11.3 Å². The van der Waals surface area contributed by atoms with E-state index in [1.165, 1.54) is 41.8 Å². The Hall–Kier alpha value is -7.83. The van der Waals surface area contributed by atoms with Gasteiger partial charge in [0.05, 0.1) is 41.7 Å². The summed E-state index contributed by atoms with van der Waals surface area (Å²) in [7, 11) is 0.0531. The second-order valence-electron chi connectivity index (χ2n) is 16.0. The molecule has 2 aliphatic heterocycles. The molecule has 1 unspecified atom stereocenters. The van der Waals surface area contributed by atoms with Crippen LogP contribution in [0.5, 0.6) is 5.75 Å². The van der Waals surface area contributed by atoms with E-state index in [-0.39, 0.29) is 60.9 Å². The molecule has 0 saturated carbocycles. The number of benzene rings is 2. The van der Waals surface area contributed by atoms with Gasteiger partial charge < -0.3 is 35.8 Å². The van der Waals surface area contributed by atoms with Gasteiger partial charge in [0.1, 0.15) is 17.6 Å². The molecule has 1 fully saturated rings. The number of imide groups is 2. The van der Waals surface area contributed by atoms with Crippen LogP contribution in [0, 0.1) is 0 Å². The van der Waals surface area contributed by atoms with Crippen molar-refractivity contribution in [3.05, 3.63) is 101 Å². The fraction of sp³-hybridized carbons (Fsp3) is 0.289. The van der Waals surface area contributed by atoms with Crippen LogP contribution in [0.4, 0.5) is 10.9 Å². The van der Waals surface area contributed by atoms with E-state index in [9.17, 15) is 46.8 Å². The van der Waals surface area contributed by atoms with Crippen LogP contribution in [0.15, 0.2) is 84.6 Å². The molecule has 2 aliphatic rings. The van der Waals surface area contributed by atoms with Gasteiger partial charge >= 0.3 is 0 Å². The van der Waals surface area contributed by atoms with Gasteiger partial charge in [-0.1, -0.05) is 18.2 Å². The van der Waals surface area contributed by atoms with Crippen molar-refractivity contribution in [1.82, 2.24) is 45.0 Å². The Balaban J connectivity index is 0.799. The number of anilines is 2. The van der Waals surface area contributed by atoms with Crippen LogP contribution in [-0.2, 0) is 34.0 Å². The fourth-order valence-electron chi connectivity index (χ4n) is 7.25. The number of hydrogen-bond acceptors (Lipinski definition) is 16. The molecule has 0 bridgehead atoms. The number of thiazole rings is 1. The lowest BCUT2D eigenvalue weighted by Crippen LogP contribution is -2.54. The molecule has 0 spiro atoms. The molecule has 7 rings (SSSR count). The molecule has 69 heavy (non-hydrogen) atoms. The summed E-state index contributed by atoms with van der Waals surface area (Å²) in [4.78, 5) is 114. The molecule has 3 aromatic heterocycles. The van der Waals surface area contributed by atoms with Gasteiger partial charge in [0.2, 0.25) is 33.7 Å². The molecule has 0 aliphatic carbocycles. The van der Waals surface area contributed by atoms with E-state index >= 15 is 0 Å². The molecule has 5 N–H and O–H groups in total. The summed E-state index contributed by atoms with van der Waals surface area (Å²) < 4.78 is 29.8. The molecule has 22 nitrogen and oxygen atoms in total. The normalized spacial score (nSPS) is 14.6. The van der Waals surface area contributed by atoms with Gasteiger partial charge in [-0.3, -0.25) is 52.5 Å². The van der Waals surface area contributed by atoms with Crippen molar-refractivity contribution in [2.75, 3.05) is 76.4 Å². The number of nitrogens with zero attached hydrogens (tertiary/aromatic N) is 6. The Morgan fingerprint density at radius 1 is 0.870 bits per heavy atom. The Labute approximate surface area is 399 Å². The standard InChI is InChI=1S/C45H47N11O11S2/c1-53(18-15-48-40(60)25-67-31-7-8-32-33(21-31)44(64)56(43(32)63)35-9-10-37(57)51-42(35)62)17-14-47-39(59)24-54(2)36-20-28(11-13-46-36)27-5-4-6-29(19-27)34-26-68-45(50-34)52-38(58)22-49-41(61)30-12-16-55(23-30)69(3,65)66/h4-8,11-13,16,19-21,23,26,35H,9-10,14-15,17-18,22,24-25H2,1-3H3,(H,47,59)(H,48,60)(H,49,61)(H,50,52,58)(H,51,57,62). The number of fused-ring (bicyclic) bond motifs is 1. The highest BCUT2D eigenvalue weighted by molar-refractivity contribution is 7.89. The van der Waals surface area contributed by atoms with E-state index in [1.54, 1.807) is 23.5 Å². The minimum absolute atomic E-state index is 0.00676. The van der Waals surface area contributed by atoms with Crippen LogP contribution in [0.25, 0.3) is 22.4 Å². The summed E-state index contributed by atoms with van der Waals surface area (Å²) >= 11 is 1.21. The molecule has 24 heteroatoms. The quantitative estimate of drug-likeness (QED) is 0.0679. The Morgan fingerprint density at radius 3 is 2.33 bits per heavy atom. The van der Waals surface area contributed by atoms with E-state index in [0.717, 1.165) is 38.0 Å². The van der Waals surface area contributed by atoms with E-state index in [4.69, 9.17) is 4.74 Å². The average molecular weight is 982 g/mol. The first-order chi connectivity index (χ1) is 32.9. The summed E-state index contributed by atoms with van der Waals surface area (Å²) in [5.74, 6) is -3.50. The maximum absolute atomic E-state index is 13.1. The van der Waals surface area contributed by atoms with E-state index < -0.39 is 57.4 Å². The lowest BCUT2D eigenvalue weighted by molar-refractivity contribution is -0.136. The van der Waals surface area contributed by atoms with E-state index in [2.05, 4.69) is 36.6 Å². The number of piperidine rings is 1. The zero-order valence-electron chi connectivity index (χ0n) is 37.5. The van der Waals surface area contributed by atoms with Crippen molar-refractivity contribution >= 4 is 79.6 Å². The highest BCUT2D eigenvalue weighted by atomic mass is 32.2. The predicted octanol–water partition coefficient (Wildman–Crippen LogP) is 0.930. The molecule has 8 amide bonds. The fourth-order valence-corrected chi connectivity index (χ4v) is 8.57. The summed E-state index contributed by atoms with van der Waals surface area (Å²) in [6, 6.07) is 15.8. The molecular weight excluding hydrogens is 935 g/mol. The van der Waals surface area contributed by atoms with Gasteiger partial charge in [-0.2, -0.15) is 0 Å². The summed E-state index contributed by atoms with van der Waals surface area (Å²) in [6.07, 6.45) is 5.11. The van der Waals surface area contributed by atoms with Crippen LogP contribution in [0.3, 0.4) is 0 Å². The van der Waals surface area contributed by atoms with Crippen molar-refractivity contribution in [2.45, 2.75) is 18.9 Å². The largest absolute Gasteiger partial charge is 0.484 e. The van der Waals surface area contributed by atoms with Crippen LogP contribution in [0.1, 0.15) is 43.9 Å². The number of carbonyl (C=O) groups is 8. The molecule has 5 aromatic rings. The van der Waals surface area contributed by atoms with Gasteiger partial charge in [0.25, 0.3) is 23.6 Å². The van der Waals surface area contributed by atoms with E-state index in [1.807, 2.05) is 48.3 Å². The Bertz CT molecular complexity index is 2950. The van der Waals surface area contributed by atoms with Crippen molar-refractivity contribution < 1.29 is 51.5 Å². The summed E-state index contributed by atoms with van der Waals surface area (Å²) in [5, 5.41) is 15.0. The summed E-state index contributed by atoms with van der Waals surface area (Å²) in [5.41, 5.74) is 3.34. The maximum atomic E-state index is 13.1. The molecule has 1 saturated heterocycles. The van der Waals surface area contributed by atoms with Crippen molar-refractivity contribution in [2.24, 2.45) is 0 Å². The second kappa shape index (κ2) is 21.4. The third-order valence-corrected chi connectivity index (χ3v) is 12.6. The highest BCUT2D eigenvalue weighted by Crippen LogP contribution is 2.32. The van der Waals surface area contributed by atoms with E-state index in [0.29, 0.717) is 42.8 Å². The monoisotopic (exact) mass is 981 g/mol. The van der Waals surface area contributed by atoms with Gasteiger partial charge in [0.15, 0.2) is 11.7 Å². The number of hydrogen-bond donors (Lipinski definition) is 5. The number of carbonyl (C=O) groups excluding carboxylic acids is 8. The van der Waals surface area contributed by atoms with Gasteiger partial charge in [-0.05, 0) is 67.1 Å². The minimum atomic E-state index is -3.55. The second-order valence-corrected chi connectivity index (χ2v) is 18.8. The number of aromatic nitrogens is 3. The van der Waals surface area contributed by atoms with Crippen LogP contribution in [-0.4, -0.2) is 152 Å². The number of amides is 8. The lowest BCUT2D eigenvalue weighted by atomic mass is 10.0. The first kappa shape index (κ1) is 49.1. The SMILES string of the molecule is CN(CCNC(=O)COc1ccc2c(c1)C(=O)N(C1CCC(=O)NC1=O)C2=O)CCNC(=O)CN(C)c1cc(-c2cccc(-c3csc(NC(=O)CNC(=O)c4ccn(S(C)(=O)=O)c4)n3)c2)ccn1. The van der Waals surface area contributed by atoms with Crippen LogP contribution >= 0.6 is 11.3 Å². The summed E-state index contributed by atoms with van der Waals surface area (Å²) in [6.45, 7) is 0.948. The number of likely N-dealkylation sites (N-methyl/N-ethyl adjacent to an activating group) is 2. The van der Waals surface area contributed by atoms with Crippen molar-refractivity contribution in [3.8, 4) is 28.1 Å². The molecular formula is C45H47N11O11S2. The lowest BCUT2D eigenvalue weighted by Gasteiger charge is -2.27. The molecule has 5 heterocycles. The Morgan fingerprint density at radius 2 is 1.59 bits per heavy atom. The van der Waals surface area contributed by atoms with Gasteiger partial charge in [-0.25, -0.2) is 18.4 Å². The number of nitrogens with one attached hydrogen (secondary N) is 5. The zero-order valence-corrected chi connectivity index (χ0v) is 39.1. The smallest absolute Gasteiger partial charge is 0.262 e. The molecule has 360 valence electrons. The topological polar surface area (TPSA) is 281 Å². The first-order valence-corrected chi connectivity index (χ1v) is 24.1. The third-order valence-electron chi connectivity index (χ3n) is 10.9. The van der Waals surface area contributed by atoms with Crippen LogP contribution in [0.2, 0.25) is 0 Å². The van der Waals surface area contributed by atoms with Gasteiger partial charge in [0, 0.05) is 69.2 Å². The molecule has 2 aromatic carbocycles. The predicted molar refractivity (Wildman–Crippen MR) is 252 cm³/mol. The zero-order chi connectivity index (χ0) is 49.4. The highest BCUT2D eigenvalue weighted by Gasteiger charge is 2.44. The maximum Gasteiger partial charge on any atom is 0.262 e. The number of ether oxygens (including phenoxy) is 1. The molecule has 1 atom stereocenters. The molecule has 0 radical (unpaired) electrons. The Kier molecular flexibility index (Phi) is 15.2. The minimum Gasteiger partial charge on any atom is -0.484 e. The third kappa shape index (κ3) is 12.4.